The molecule has 42 heavy (non-hydrogen) atoms. The quantitative estimate of drug-likeness (QED) is 0.286. The maximum absolute atomic E-state index is 13.1. The first kappa shape index (κ1) is 27.9. The summed E-state index contributed by atoms with van der Waals surface area (Å²) in [6, 6.07) is 7.18. The molecular formula is C32H33ClN6O3. The second kappa shape index (κ2) is 11.6. The van der Waals surface area contributed by atoms with E-state index in [4.69, 9.17) is 16.3 Å². The lowest BCUT2D eigenvalue weighted by Crippen LogP contribution is -2.36. The third-order valence-electron chi connectivity index (χ3n) is 8.01. The zero-order valence-corrected chi connectivity index (χ0v) is 24.6. The van der Waals surface area contributed by atoms with E-state index >= 15 is 0 Å². The number of likely N-dealkylation sites (tertiary alicyclic amines) is 1. The molecule has 3 N–H and O–H groups in total. The number of nitrogens with zero attached hydrogens (tertiary/aromatic N) is 3. The van der Waals surface area contributed by atoms with E-state index in [2.05, 4.69) is 32.4 Å². The highest BCUT2D eigenvalue weighted by Crippen LogP contribution is 2.49. The maximum atomic E-state index is 13.1. The minimum Gasteiger partial charge on any atom is -0.493 e. The minimum absolute atomic E-state index is 0.000212. The Kier molecular flexibility index (Phi) is 7.67. The van der Waals surface area contributed by atoms with E-state index in [0.29, 0.717) is 64.6 Å². The minimum atomic E-state index is -0.161. The lowest BCUT2D eigenvalue weighted by molar-refractivity contribution is -0.126. The summed E-state index contributed by atoms with van der Waals surface area (Å²) in [5.41, 5.74) is 4.87. The number of H-pyrrole nitrogens is 1. The van der Waals surface area contributed by atoms with Gasteiger partial charge in [0.15, 0.2) is 5.75 Å². The number of methoxy groups -OCH3 is 1. The average molecular weight is 585 g/mol. The highest BCUT2D eigenvalue weighted by Gasteiger charge is 2.53. The molecule has 216 valence electrons. The summed E-state index contributed by atoms with van der Waals surface area (Å²) in [4.78, 5) is 37.9. The average Bonchev–Trinajstić information content (AvgIpc) is 3.50. The van der Waals surface area contributed by atoms with Crippen LogP contribution in [0.3, 0.4) is 0 Å². The van der Waals surface area contributed by atoms with Gasteiger partial charge >= 0.3 is 0 Å². The van der Waals surface area contributed by atoms with Crippen LogP contribution in [0.15, 0.2) is 48.8 Å². The number of pyridine rings is 1. The molecule has 9 nitrogen and oxygen atoms in total. The second-order valence-corrected chi connectivity index (χ2v) is 11.5. The Morgan fingerprint density at radius 2 is 2.19 bits per heavy atom. The summed E-state index contributed by atoms with van der Waals surface area (Å²) in [5, 5.41) is 6.83. The van der Waals surface area contributed by atoms with E-state index in [-0.39, 0.29) is 17.9 Å². The van der Waals surface area contributed by atoms with E-state index in [1.165, 1.54) is 0 Å². The zero-order valence-electron chi connectivity index (χ0n) is 23.8. The van der Waals surface area contributed by atoms with Crippen LogP contribution in [0.1, 0.15) is 28.0 Å². The van der Waals surface area contributed by atoms with Gasteiger partial charge < -0.3 is 30.2 Å². The molecule has 3 aromatic rings. The van der Waals surface area contributed by atoms with E-state index < -0.39 is 0 Å². The highest BCUT2D eigenvalue weighted by atomic mass is 35.5. The first-order chi connectivity index (χ1) is 20.4. The van der Waals surface area contributed by atoms with Gasteiger partial charge in [-0.05, 0) is 50.6 Å². The highest BCUT2D eigenvalue weighted by molar-refractivity contribution is 6.32. The van der Waals surface area contributed by atoms with Gasteiger partial charge in [0.25, 0.3) is 5.91 Å². The molecular weight excluding hydrogens is 552 g/mol. The van der Waals surface area contributed by atoms with Gasteiger partial charge in [-0.2, -0.15) is 0 Å². The standard InChI is InChI=1S/C32H33ClN6O3/c1-38(2)15-5-8-27(40)39-18-20-16-22(20)26(39)10-9-19-17-34-13-11-21(19)29-30(28-24(36-29)12-14-35-32(28)41)37-25-7-4-6-23(33)31(25)42-3/h4-8,11,13,17,20,22,26,36-37H,12,14-16,18H2,1-3H3,(H,35,41)/b8-5+/t20-,22-,26-/m0/s1. The number of carbonyl (C=O) groups is 2. The summed E-state index contributed by atoms with van der Waals surface area (Å²) < 4.78 is 5.56. The number of benzene rings is 1. The summed E-state index contributed by atoms with van der Waals surface area (Å²) in [5.74, 6) is 8.00. The fraction of sp³-hybridized carbons (Fsp3) is 0.344. The number of ether oxygens (including phenoxy) is 1. The summed E-state index contributed by atoms with van der Waals surface area (Å²) in [6.45, 7) is 1.99. The van der Waals surface area contributed by atoms with Crippen LogP contribution in [0.5, 0.6) is 5.75 Å². The number of carbonyl (C=O) groups excluding carboxylic acids is 2. The van der Waals surface area contributed by atoms with Crippen molar-refractivity contribution in [3.05, 3.63) is 70.7 Å². The van der Waals surface area contributed by atoms with Crippen molar-refractivity contribution in [2.24, 2.45) is 11.8 Å². The summed E-state index contributed by atoms with van der Waals surface area (Å²) in [6.07, 6.45) is 8.75. The molecule has 0 radical (unpaired) electrons. The predicted molar refractivity (Wildman–Crippen MR) is 163 cm³/mol. The molecule has 0 spiro atoms. The van der Waals surface area contributed by atoms with Crippen LogP contribution in [0.25, 0.3) is 11.3 Å². The van der Waals surface area contributed by atoms with Crippen molar-refractivity contribution in [1.29, 1.82) is 0 Å². The van der Waals surface area contributed by atoms with Gasteiger partial charge in [-0.1, -0.05) is 35.6 Å². The van der Waals surface area contributed by atoms with Gasteiger partial charge in [-0.25, -0.2) is 0 Å². The molecule has 1 saturated carbocycles. The molecule has 3 atom stereocenters. The van der Waals surface area contributed by atoms with Crippen LogP contribution in [0.2, 0.25) is 5.02 Å². The molecule has 2 aliphatic heterocycles. The van der Waals surface area contributed by atoms with Gasteiger partial charge in [0.05, 0.1) is 46.4 Å². The molecule has 1 aliphatic carbocycles. The SMILES string of the molecule is COc1c(Cl)cccc1Nc1c(-c2ccncc2C#C[C@H]2[C@H]3C[C@H]3CN2C(=O)/C=C/CN(C)C)[nH]c2c1C(=O)NCC2. The number of nitrogens with one attached hydrogen (secondary N) is 3. The number of amides is 2. The second-order valence-electron chi connectivity index (χ2n) is 11.1. The van der Waals surface area contributed by atoms with Crippen molar-refractivity contribution in [2.45, 2.75) is 18.9 Å². The topological polar surface area (TPSA) is 103 Å². The smallest absolute Gasteiger partial charge is 0.255 e. The molecule has 3 aliphatic rings. The van der Waals surface area contributed by atoms with Crippen LogP contribution in [0, 0.1) is 23.7 Å². The van der Waals surface area contributed by atoms with Gasteiger partial charge in [-0.3, -0.25) is 14.6 Å². The molecule has 0 bridgehead atoms. The Morgan fingerprint density at radius 1 is 1.33 bits per heavy atom. The lowest BCUT2D eigenvalue weighted by Gasteiger charge is -2.22. The molecule has 1 saturated heterocycles. The monoisotopic (exact) mass is 584 g/mol. The number of fused-ring (bicyclic) bond motifs is 2. The number of rotatable bonds is 7. The van der Waals surface area contributed by atoms with Crippen molar-refractivity contribution < 1.29 is 14.3 Å². The third-order valence-corrected chi connectivity index (χ3v) is 8.30. The Hall–Kier alpha value is -4.26. The zero-order chi connectivity index (χ0) is 29.4. The van der Waals surface area contributed by atoms with E-state index in [9.17, 15) is 9.59 Å². The first-order valence-corrected chi connectivity index (χ1v) is 14.4. The molecule has 1 aromatic carbocycles. The van der Waals surface area contributed by atoms with Crippen LogP contribution in [-0.4, -0.2) is 78.5 Å². The van der Waals surface area contributed by atoms with Crippen LogP contribution in [-0.2, 0) is 11.2 Å². The Bertz CT molecular complexity index is 1630. The Balaban J connectivity index is 1.37. The molecule has 2 fully saturated rings. The van der Waals surface area contributed by atoms with E-state index in [1.807, 2.05) is 48.2 Å². The lowest BCUT2D eigenvalue weighted by atomic mass is 10.0. The summed E-state index contributed by atoms with van der Waals surface area (Å²) in [7, 11) is 5.50. The molecule has 0 unspecified atom stereocenters. The number of halogens is 1. The fourth-order valence-electron chi connectivity index (χ4n) is 5.86. The number of anilines is 2. The number of hydrogen-bond acceptors (Lipinski definition) is 6. The van der Waals surface area contributed by atoms with E-state index in [1.54, 1.807) is 31.6 Å². The number of aromatic nitrogens is 2. The number of para-hydroxylation sites is 1. The number of aromatic amines is 1. The molecule has 2 amide bonds. The molecule has 2 aromatic heterocycles. The molecule has 6 rings (SSSR count). The molecule has 4 heterocycles. The number of likely N-dealkylation sites (N-methyl/N-ethyl adjacent to an activating group) is 1. The number of piperidine rings is 1. The van der Waals surface area contributed by atoms with Crippen LogP contribution < -0.4 is 15.4 Å². The van der Waals surface area contributed by atoms with Crippen molar-refractivity contribution in [2.75, 3.05) is 46.2 Å². The van der Waals surface area contributed by atoms with Crippen molar-refractivity contribution in [1.82, 2.24) is 25.1 Å². The van der Waals surface area contributed by atoms with Crippen LogP contribution in [0.4, 0.5) is 11.4 Å². The van der Waals surface area contributed by atoms with Gasteiger partial charge in [0, 0.05) is 55.8 Å². The van der Waals surface area contributed by atoms with Crippen molar-refractivity contribution >= 4 is 34.8 Å². The molecule has 10 heteroatoms. The Labute approximate surface area is 250 Å². The summed E-state index contributed by atoms with van der Waals surface area (Å²) >= 11 is 6.41. The largest absolute Gasteiger partial charge is 0.493 e. The predicted octanol–water partition coefficient (Wildman–Crippen LogP) is 4.08. The number of hydrogen-bond donors (Lipinski definition) is 3. The maximum Gasteiger partial charge on any atom is 0.255 e. The Morgan fingerprint density at radius 3 is 3.00 bits per heavy atom. The first-order valence-electron chi connectivity index (χ1n) is 14.1. The van der Waals surface area contributed by atoms with E-state index in [0.717, 1.165) is 29.9 Å². The van der Waals surface area contributed by atoms with Crippen molar-refractivity contribution in [3.8, 4) is 28.8 Å². The van der Waals surface area contributed by atoms with Gasteiger partial charge in [0.1, 0.15) is 0 Å². The van der Waals surface area contributed by atoms with Gasteiger partial charge in [-0.15, -0.1) is 0 Å². The van der Waals surface area contributed by atoms with Crippen molar-refractivity contribution in [3.63, 3.8) is 0 Å². The van der Waals surface area contributed by atoms with Gasteiger partial charge in [0.2, 0.25) is 5.91 Å². The van der Waals surface area contributed by atoms with Crippen LogP contribution >= 0.6 is 11.6 Å². The third kappa shape index (κ3) is 5.36. The fourth-order valence-corrected chi connectivity index (χ4v) is 6.11. The normalized spacial score (nSPS) is 20.5.